The molecule has 0 spiro atoms. The molecule has 7 heteroatoms. The Bertz CT molecular complexity index is 764. The summed E-state index contributed by atoms with van der Waals surface area (Å²) in [5, 5.41) is 8.41. The van der Waals surface area contributed by atoms with Gasteiger partial charge in [0.2, 0.25) is 0 Å². The zero-order chi connectivity index (χ0) is 16.7. The minimum absolute atomic E-state index is 0.126. The highest BCUT2D eigenvalue weighted by Crippen LogP contribution is 2.23. The number of hydrogen-bond acceptors (Lipinski definition) is 5. The third-order valence-electron chi connectivity index (χ3n) is 5.15. The summed E-state index contributed by atoms with van der Waals surface area (Å²) in [5.74, 6) is 2.15. The maximum atomic E-state index is 12.7. The van der Waals surface area contributed by atoms with E-state index in [4.69, 9.17) is 0 Å². The quantitative estimate of drug-likeness (QED) is 0.838. The standard InChI is InChI=1S/C17H22N6O/c1-3-13-8-18-5-4-15(13)17(24)22-9-14(10-22)21-6-7-23-12(2)19-20-16(23)11-21/h4-5,8,14H,3,6-7,9-11H2,1-2H3. The number of fused-ring (bicyclic) bond motifs is 1. The number of aromatic nitrogens is 4. The van der Waals surface area contributed by atoms with E-state index in [0.717, 1.165) is 61.9 Å². The van der Waals surface area contributed by atoms with Crippen LogP contribution in [-0.4, -0.2) is 61.1 Å². The van der Waals surface area contributed by atoms with Crippen molar-refractivity contribution in [3.63, 3.8) is 0 Å². The fraction of sp³-hybridized carbons (Fsp3) is 0.529. The van der Waals surface area contributed by atoms with Crippen LogP contribution in [0.5, 0.6) is 0 Å². The Hall–Kier alpha value is -2.28. The minimum Gasteiger partial charge on any atom is -0.335 e. The molecule has 2 aliphatic rings. The van der Waals surface area contributed by atoms with Crippen LogP contribution >= 0.6 is 0 Å². The van der Waals surface area contributed by atoms with Crippen molar-refractivity contribution in [3.8, 4) is 0 Å². The number of nitrogens with zero attached hydrogens (tertiary/aromatic N) is 6. The van der Waals surface area contributed by atoms with Gasteiger partial charge in [-0.2, -0.15) is 0 Å². The molecule has 0 aromatic carbocycles. The predicted octanol–water partition coefficient (Wildman–Crippen LogP) is 0.884. The van der Waals surface area contributed by atoms with Crippen LogP contribution in [0.1, 0.15) is 34.5 Å². The van der Waals surface area contributed by atoms with E-state index in [-0.39, 0.29) is 5.91 Å². The van der Waals surface area contributed by atoms with Crippen molar-refractivity contribution in [3.05, 3.63) is 41.2 Å². The van der Waals surface area contributed by atoms with Crippen molar-refractivity contribution in [2.75, 3.05) is 19.6 Å². The number of carbonyl (C=O) groups excluding carboxylic acids is 1. The van der Waals surface area contributed by atoms with Gasteiger partial charge < -0.3 is 9.47 Å². The number of aryl methyl sites for hydroxylation is 2. The summed E-state index contributed by atoms with van der Waals surface area (Å²) < 4.78 is 2.18. The van der Waals surface area contributed by atoms with E-state index in [9.17, 15) is 4.79 Å². The molecule has 0 bridgehead atoms. The third-order valence-corrected chi connectivity index (χ3v) is 5.15. The Labute approximate surface area is 141 Å². The molecule has 2 aromatic rings. The van der Waals surface area contributed by atoms with Crippen LogP contribution in [0, 0.1) is 6.92 Å². The number of carbonyl (C=O) groups is 1. The Morgan fingerprint density at radius 2 is 2.12 bits per heavy atom. The van der Waals surface area contributed by atoms with Crippen molar-refractivity contribution >= 4 is 5.91 Å². The van der Waals surface area contributed by atoms with Crippen LogP contribution in [0.3, 0.4) is 0 Å². The molecule has 7 nitrogen and oxygen atoms in total. The van der Waals surface area contributed by atoms with Gasteiger partial charge in [-0.05, 0) is 25.0 Å². The Morgan fingerprint density at radius 1 is 1.29 bits per heavy atom. The lowest BCUT2D eigenvalue weighted by atomic mass is 10.0. The molecule has 24 heavy (non-hydrogen) atoms. The van der Waals surface area contributed by atoms with Crippen LogP contribution in [0.15, 0.2) is 18.5 Å². The molecule has 1 fully saturated rings. The van der Waals surface area contributed by atoms with Gasteiger partial charge in [-0.25, -0.2) is 0 Å². The van der Waals surface area contributed by atoms with Gasteiger partial charge in [-0.15, -0.1) is 10.2 Å². The fourth-order valence-corrected chi connectivity index (χ4v) is 3.57. The normalized spacial score (nSPS) is 18.3. The first-order valence-electron chi connectivity index (χ1n) is 8.52. The lowest BCUT2D eigenvalue weighted by Crippen LogP contribution is -2.62. The number of likely N-dealkylation sites (tertiary alicyclic amines) is 1. The van der Waals surface area contributed by atoms with E-state index in [1.165, 1.54) is 0 Å². The first kappa shape index (κ1) is 15.3. The molecule has 126 valence electrons. The molecule has 0 N–H and O–H groups in total. The first-order valence-corrected chi connectivity index (χ1v) is 8.52. The molecule has 4 rings (SSSR count). The second-order valence-corrected chi connectivity index (χ2v) is 6.54. The highest BCUT2D eigenvalue weighted by Gasteiger charge is 2.37. The third kappa shape index (κ3) is 2.49. The van der Waals surface area contributed by atoms with Crippen LogP contribution in [-0.2, 0) is 19.5 Å². The Balaban J connectivity index is 1.39. The van der Waals surface area contributed by atoms with Crippen LogP contribution in [0.4, 0.5) is 0 Å². The zero-order valence-electron chi connectivity index (χ0n) is 14.1. The topological polar surface area (TPSA) is 67.2 Å². The van der Waals surface area contributed by atoms with Crippen molar-refractivity contribution in [2.24, 2.45) is 0 Å². The molecule has 4 heterocycles. The summed E-state index contributed by atoms with van der Waals surface area (Å²) in [6.07, 6.45) is 4.32. The zero-order valence-corrected chi connectivity index (χ0v) is 14.1. The van der Waals surface area contributed by atoms with Gasteiger partial charge in [-0.1, -0.05) is 6.92 Å². The van der Waals surface area contributed by atoms with Gasteiger partial charge >= 0.3 is 0 Å². The van der Waals surface area contributed by atoms with E-state index in [1.807, 2.05) is 17.9 Å². The van der Waals surface area contributed by atoms with Crippen molar-refractivity contribution in [1.29, 1.82) is 0 Å². The van der Waals surface area contributed by atoms with Crippen LogP contribution in [0.2, 0.25) is 0 Å². The Kier molecular flexibility index (Phi) is 3.80. The molecule has 0 radical (unpaired) electrons. The van der Waals surface area contributed by atoms with Crippen molar-refractivity contribution < 1.29 is 4.79 Å². The second-order valence-electron chi connectivity index (χ2n) is 6.54. The second kappa shape index (κ2) is 5.98. The van der Waals surface area contributed by atoms with Crippen molar-refractivity contribution in [1.82, 2.24) is 29.5 Å². The lowest BCUT2D eigenvalue weighted by molar-refractivity contribution is 0.0165. The molecular formula is C17H22N6O. The number of pyridine rings is 1. The number of hydrogen-bond donors (Lipinski definition) is 0. The lowest BCUT2D eigenvalue weighted by Gasteiger charge is -2.46. The van der Waals surface area contributed by atoms with E-state index in [2.05, 4.69) is 31.6 Å². The average Bonchev–Trinajstić information content (AvgIpc) is 2.94. The smallest absolute Gasteiger partial charge is 0.254 e. The molecular weight excluding hydrogens is 304 g/mol. The highest BCUT2D eigenvalue weighted by molar-refractivity contribution is 5.96. The highest BCUT2D eigenvalue weighted by atomic mass is 16.2. The van der Waals surface area contributed by atoms with Gasteiger partial charge in [0, 0.05) is 50.2 Å². The van der Waals surface area contributed by atoms with Gasteiger partial charge in [0.15, 0.2) is 0 Å². The predicted molar refractivity (Wildman–Crippen MR) is 88.5 cm³/mol. The van der Waals surface area contributed by atoms with Crippen molar-refractivity contribution in [2.45, 2.75) is 39.4 Å². The summed E-state index contributed by atoms with van der Waals surface area (Å²) in [5.41, 5.74) is 1.81. The van der Waals surface area contributed by atoms with Gasteiger partial charge in [0.05, 0.1) is 6.54 Å². The van der Waals surface area contributed by atoms with E-state index < -0.39 is 0 Å². The summed E-state index contributed by atoms with van der Waals surface area (Å²) in [4.78, 5) is 21.2. The van der Waals surface area contributed by atoms with Gasteiger partial charge in [0.25, 0.3) is 5.91 Å². The minimum atomic E-state index is 0.126. The average molecular weight is 326 g/mol. The largest absolute Gasteiger partial charge is 0.335 e. The van der Waals surface area contributed by atoms with E-state index in [0.29, 0.717) is 6.04 Å². The number of amides is 1. The van der Waals surface area contributed by atoms with Crippen LogP contribution in [0.25, 0.3) is 0 Å². The SMILES string of the molecule is CCc1cnccc1C(=O)N1CC(N2CCn3c(C)nnc3C2)C1. The van der Waals surface area contributed by atoms with Crippen LogP contribution < -0.4 is 0 Å². The molecule has 1 amide bonds. The summed E-state index contributed by atoms with van der Waals surface area (Å²) in [6.45, 7) is 8.38. The molecule has 0 unspecified atom stereocenters. The maximum absolute atomic E-state index is 12.7. The monoisotopic (exact) mass is 326 g/mol. The molecule has 0 saturated carbocycles. The molecule has 0 atom stereocenters. The summed E-state index contributed by atoms with van der Waals surface area (Å²) >= 11 is 0. The fourth-order valence-electron chi connectivity index (χ4n) is 3.57. The summed E-state index contributed by atoms with van der Waals surface area (Å²) in [7, 11) is 0. The van der Waals surface area contributed by atoms with Gasteiger partial charge in [0.1, 0.15) is 11.6 Å². The van der Waals surface area contributed by atoms with E-state index in [1.54, 1.807) is 12.4 Å². The summed E-state index contributed by atoms with van der Waals surface area (Å²) in [6, 6.07) is 2.26. The number of rotatable bonds is 3. The Morgan fingerprint density at radius 3 is 2.92 bits per heavy atom. The first-order chi connectivity index (χ1) is 11.7. The van der Waals surface area contributed by atoms with E-state index >= 15 is 0 Å². The maximum Gasteiger partial charge on any atom is 0.254 e. The molecule has 2 aromatic heterocycles. The molecule has 1 saturated heterocycles. The molecule has 0 aliphatic carbocycles. The van der Waals surface area contributed by atoms with Gasteiger partial charge in [-0.3, -0.25) is 14.7 Å². The molecule has 2 aliphatic heterocycles.